The molecule has 0 unspecified atom stereocenters. The smallest absolute Gasteiger partial charge is 0.164 e. The fourth-order valence-electron chi connectivity index (χ4n) is 7.13. The molecule has 284 valence electrons. The van der Waals surface area contributed by atoms with E-state index in [1.54, 1.807) is 24.3 Å². The van der Waals surface area contributed by atoms with Gasteiger partial charge in [-0.2, -0.15) is 0 Å². The van der Waals surface area contributed by atoms with Crippen LogP contribution in [0.1, 0.15) is 0 Å². The zero-order valence-electron chi connectivity index (χ0n) is 31.9. The molecule has 10 rings (SSSR count). The summed E-state index contributed by atoms with van der Waals surface area (Å²) in [4.78, 5) is 28.8. The number of benzene rings is 8. The highest BCUT2D eigenvalue weighted by Gasteiger charge is 2.15. The van der Waals surface area contributed by atoms with E-state index in [-0.39, 0.29) is 11.6 Å². The van der Waals surface area contributed by atoms with Crippen molar-refractivity contribution >= 4 is 10.8 Å². The molecule has 0 bridgehead atoms. The van der Waals surface area contributed by atoms with E-state index in [0.717, 1.165) is 55.3 Å². The standard InChI is InChI=1S/C52H32F2N6/c53-45-27-23-40(24-28-45)51-57-47(36-7-3-1-4-8-36)55-49(59-51)38-17-11-33(12-18-38)42-21-15-35-16-22-43(32-44(35)31-42)34-13-19-39(20-14-34)50-56-48(37-9-5-2-6-10-37)58-52(60-50)41-25-29-46(54)30-26-41/h1-32H. The molecule has 6 nitrogen and oxygen atoms in total. The van der Waals surface area contributed by atoms with Crippen molar-refractivity contribution in [2.45, 2.75) is 0 Å². The summed E-state index contributed by atoms with van der Waals surface area (Å²) in [6.45, 7) is 0. The summed E-state index contributed by atoms with van der Waals surface area (Å²) < 4.78 is 27.5. The van der Waals surface area contributed by atoms with Crippen LogP contribution >= 0.6 is 0 Å². The van der Waals surface area contributed by atoms with Gasteiger partial charge in [0.1, 0.15) is 11.6 Å². The van der Waals surface area contributed by atoms with Gasteiger partial charge in [-0.3, -0.25) is 0 Å². The number of aromatic nitrogens is 6. The van der Waals surface area contributed by atoms with E-state index in [4.69, 9.17) is 29.9 Å². The zero-order valence-corrected chi connectivity index (χ0v) is 31.9. The quantitative estimate of drug-likeness (QED) is 0.153. The van der Waals surface area contributed by atoms with Crippen LogP contribution in [0, 0.1) is 11.6 Å². The molecule has 0 radical (unpaired) electrons. The molecule has 10 aromatic rings. The van der Waals surface area contributed by atoms with Crippen molar-refractivity contribution in [3.63, 3.8) is 0 Å². The Kier molecular flexibility index (Phi) is 9.48. The number of hydrogen-bond donors (Lipinski definition) is 0. The van der Waals surface area contributed by atoms with E-state index in [1.807, 2.05) is 84.9 Å². The molecule has 0 spiro atoms. The van der Waals surface area contributed by atoms with Crippen LogP contribution in [0.4, 0.5) is 8.78 Å². The van der Waals surface area contributed by atoms with Gasteiger partial charge in [0.05, 0.1) is 0 Å². The second kappa shape index (κ2) is 15.7. The fraction of sp³-hybridized carbons (Fsp3) is 0. The van der Waals surface area contributed by atoms with Crippen LogP contribution in [0.3, 0.4) is 0 Å². The molecule has 0 saturated carbocycles. The molecule has 0 aliphatic heterocycles. The average Bonchev–Trinajstić information content (AvgIpc) is 3.32. The third kappa shape index (κ3) is 7.53. The Morgan fingerprint density at radius 1 is 0.217 bits per heavy atom. The van der Waals surface area contributed by atoms with E-state index in [9.17, 15) is 8.78 Å². The highest BCUT2D eigenvalue weighted by molar-refractivity contribution is 5.91. The summed E-state index contributed by atoms with van der Waals surface area (Å²) in [5.74, 6) is 2.46. The highest BCUT2D eigenvalue weighted by atomic mass is 19.1. The molecular formula is C52H32F2N6. The molecule has 0 atom stereocenters. The summed E-state index contributed by atoms with van der Waals surface area (Å²) in [6, 6.07) is 61.2. The minimum absolute atomic E-state index is 0.319. The van der Waals surface area contributed by atoms with Gasteiger partial charge in [0.25, 0.3) is 0 Å². The zero-order chi connectivity index (χ0) is 40.4. The van der Waals surface area contributed by atoms with E-state index in [0.29, 0.717) is 46.1 Å². The maximum atomic E-state index is 13.8. The first-order valence-electron chi connectivity index (χ1n) is 19.4. The largest absolute Gasteiger partial charge is 0.208 e. The van der Waals surface area contributed by atoms with Crippen LogP contribution < -0.4 is 0 Å². The van der Waals surface area contributed by atoms with Gasteiger partial charge < -0.3 is 0 Å². The molecule has 0 aliphatic carbocycles. The molecule has 0 aliphatic rings. The number of halogens is 2. The van der Waals surface area contributed by atoms with Crippen LogP contribution in [0.25, 0.3) is 101 Å². The van der Waals surface area contributed by atoms with E-state index in [1.165, 1.54) is 24.3 Å². The van der Waals surface area contributed by atoms with Crippen molar-refractivity contribution in [2.75, 3.05) is 0 Å². The Labute approximate surface area is 344 Å². The summed E-state index contributed by atoms with van der Waals surface area (Å²) in [5, 5.41) is 2.25. The van der Waals surface area contributed by atoms with Crippen molar-refractivity contribution in [1.29, 1.82) is 0 Å². The van der Waals surface area contributed by atoms with E-state index < -0.39 is 0 Å². The van der Waals surface area contributed by atoms with Crippen molar-refractivity contribution in [3.8, 4) is 90.6 Å². The second-order valence-corrected chi connectivity index (χ2v) is 14.3. The van der Waals surface area contributed by atoms with Crippen LogP contribution in [0.15, 0.2) is 194 Å². The summed E-state index contributed by atoms with van der Waals surface area (Å²) in [6.07, 6.45) is 0. The molecule has 0 saturated heterocycles. The fourth-order valence-corrected chi connectivity index (χ4v) is 7.13. The van der Waals surface area contributed by atoms with E-state index >= 15 is 0 Å². The van der Waals surface area contributed by atoms with Crippen molar-refractivity contribution in [3.05, 3.63) is 206 Å². The van der Waals surface area contributed by atoms with Gasteiger partial charge in [-0.1, -0.05) is 133 Å². The van der Waals surface area contributed by atoms with Crippen LogP contribution in [-0.2, 0) is 0 Å². The third-order valence-corrected chi connectivity index (χ3v) is 10.3. The molecule has 8 heteroatoms. The molecular weight excluding hydrogens is 747 g/mol. The normalized spacial score (nSPS) is 11.2. The molecule has 2 aromatic heterocycles. The lowest BCUT2D eigenvalue weighted by molar-refractivity contribution is 0.627. The van der Waals surface area contributed by atoms with Gasteiger partial charge in [-0.05, 0) is 93.7 Å². The number of nitrogens with zero attached hydrogens (tertiary/aromatic N) is 6. The molecule has 60 heavy (non-hydrogen) atoms. The van der Waals surface area contributed by atoms with Gasteiger partial charge in [0, 0.05) is 33.4 Å². The first-order valence-corrected chi connectivity index (χ1v) is 19.4. The Hall–Kier alpha value is -8.10. The SMILES string of the molecule is Fc1ccc(-c2nc(-c3ccccc3)nc(-c3ccc(-c4ccc5ccc(-c6ccc(-c7nc(-c8ccccc8)nc(-c8ccc(F)cc8)n7)cc6)cc5c4)cc3)n2)cc1. The number of hydrogen-bond acceptors (Lipinski definition) is 6. The lowest BCUT2D eigenvalue weighted by Crippen LogP contribution is -2.00. The Morgan fingerprint density at radius 3 is 0.783 bits per heavy atom. The first-order chi connectivity index (χ1) is 29.5. The van der Waals surface area contributed by atoms with Gasteiger partial charge >= 0.3 is 0 Å². The van der Waals surface area contributed by atoms with Crippen LogP contribution in [-0.4, -0.2) is 29.9 Å². The highest BCUT2D eigenvalue weighted by Crippen LogP contribution is 2.32. The van der Waals surface area contributed by atoms with Crippen molar-refractivity contribution in [2.24, 2.45) is 0 Å². The monoisotopic (exact) mass is 778 g/mol. The summed E-state index contributed by atoms with van der Waals surface area (Å²) in [5.41, 5.74) is 9.09. The maximum Gasteiger partial charge on any atom is 0.164 e. The lowest BCUT2D eigenvalue weighted by atomic mass is 9.96. The van der Waals surface area contributed by atoms with Crippen molar-refractivity contribution in [1.82, 2.24) is 29.9 Å². The van der Waals surface area contributed by atoms with Gasteiger partial charge in [-0.15, -0.1) is 0 Å². The van der Waals surface area contributed by atoms with Gasteiger partial charge in [0.2, 0.25) is 0 Å². The van der Waals surface area contributed by atoms with E-state index in [2.05, 4.69) is 60.7 Å². The summed E-state index contributed by atoms with van der Waals surface area (Å²) >= 11 is 0. The average molecular weight is 779 g/mol. The van der Waals surface area contributed by atoms with Gasteiger partial charge in [-0.25, -0.2) is 38.7 Å². The predicted molar refractivity (Wildman–Crippen MR) is 234 cm³/mol. The van der Waals surface area contributed by atoms with Crippen LogP contribution in [0.5, 0.6) is 0 Å². The number of fused-ring (bicyclic) bond motifs is 1. The minimum Gasteiger partial charge on any atom is -0.208 e. The lowest BCUT2D eigenvalue weighted by Gasteiger charge is -2.10. The molecule has 0 fully saturated rings. The third-order valence-electron chi connectivity index (χ3n) is 10.3. The molecule has 0 N–H and O–H groups in total. The second-order valence-electron chi connectivity index (χ2n) is 14.3. The Balaban J connectivity index is 0.939. The van der Waals surface area contributed by atoms with Crippen molar-refractivity contribution < 1.29 is 8.78 Å². The number of rotatable bonds is 8. The van der Waals surface area contributed by atoms with Crippen LogP contribution in [0.2, 0.25) is 0 Å². The maximum absolute atomic E-state index is 13.8. The minimum atomic E-state index is -0.319. The molecule has 8 aromatic carbocycles. The Bertz CT molecular complexity index is 2910. The van der Waals surface area contributed by atoms with Gasteiger partial charge in [0.15, 0.2) is 34.9 Å². The molecule has 2 heterocycles. The first kappa shape index (κ1) is 36.3. The summed E-state index contributed by atoms with van der Waals surface area (Å²) in [7, 11) is 0. The molecule has 0 amide bonds. The topological polar surface area (TPSA) is 77.3 Å². The predicted octanol–water partition coefficient (Wildman–Crippen LogP) is 12.8. The Morgan fingerprint density at radius 2 is 0.467 bits per heavy atom.